The molecule has 0 aliphatic carbocycles. The molecule has 2 heterocycles. The Morgan fingerprint density at radius 2 is 2.08 bits per heavy atom. The number of nitrogens with zero attached hydrogens (tertiary/aromatic N) is 2. The number of hydrogen-bond donors (Lipinski definition) is 2. The topological polar surface area (TPSA) is 84.0 Å². The van der Waals surface area contributed by atoms with Gasteiger partial charge in [-0.05, 0) is 37.4 Å². The van der Waals surface area contributed by atoms with Crippen LogP contribution in [0.5, 0.6) is 0 Å². The molecule has 0 spiro atoms. The van der Waals surface area contributed by atoms with Gasteiger partial charge < -0.3 is 10.6 Å². The molecule has 1 saturated heterocycles. The average molecular weight is 397 g/mol. The molecule has 6 nitrogen and oxygen atoms in total. The molecule has 0 radical (unpaired) electrons. The number of aromatic nitrogens is 2. The van der Waals surface area contributed by atoms with Crippen LogP contribution in [0.4, 0.5) is 5.95 Å². The average Bonchev–Trinajstić information content (AvgIpc) is 2.61. The molecule has 1 unspecified atom stereocenters. The smallest absolute Gasteiger partial charge is 0.223 e. The van der Waals surface area contributed by atoms with Crippen molar-refractivity contribution in [2.45, 2.75) is 37.1 Å². The summed E-state index contributed by atoms with van der Waals surface area (Å²) in [4.78, 5) is 9.03. The van der Waals surface area contributed by atoms with Crippen molar-refractivity contribution in [3.8, 4) is 0 Å². The predicted molar refractivity (Wildman–Crippen MR) is 106 cm³/mol. The summed E-state index contributed by atoms with van der Waals surface area (Å²) in [6, 6.07) is 8.12. The Balaban J connectivity index is 0.00000243. The van der Waals surface area contributed by atoms with Gasteiger partial charge in [0.2, 0.25) is 5.95 Å². The first kappa shape index (κ1) is 20.6. The summed E-state index contributed by atoms with van der Waals surface area (Å²) in [7, 11) is -3.35. The van der Waals surface area contributed by atoms with Crippen molar-refractivity contribution in [2.75, 3.05) is 24.7 Å². The zero-order valence-corrected chi connectivity index (χ0v) is 16.7. The van der Waals surface area contributed by atoms with E-state index in [1.807, 2.05) is 12.1 Å². The molecule has 26 heavy (non-hydrogen) atoms. The van der Waals surface area contributed by atoms with Crippen molar-refractivity contribution in [3.63, 3.8) is 0 Å². The van der Waals surface area contributed by atoms with Gasteiger partial charge in [-0.3, -0.25) is 0 Å². The minimum absolute atomic E-state index is 0. The number of piperidine rings is 1. The number of anilines is 1. The van der Waals surface area contributed by atoms with Crippen LogP contribution in [0.3, 0.4) is 0 Å². The van der Waals surface area contributed by atoms with Crippen LogP contribution in [0.1, 0.15) is 35.6 Å². The lowest BCUT2D eigenvalue weighted by molar-refractivity contribution is 0.448. The number of benzene rings is 1. The van der Waals surface area contributed by atoms with E-state index in [-0.39, 0.29) is 23.2 Å². The lowest BCUT2D eigenvalue weighted by Crippen LogP contribution is -2.30. The monoisotopic (exact) mass is 396 g/mol. The molecule has 1 fully saturated rings. The summed E-state index contributed by atoms with van der Waals surface area (Å²) in [6.45, 7) is 4.38. The predicted octanol–water partition coefficient (Wildman–Crippen LogP) is 2.69. The lowest BCUT2D eigenvalue weighted by Gasteiger charge is -2.24. The second kappa shape index (κ2) is 8.79. The van der Waals surface area contributed by atoms with Gasteiger partial charge in [0.15, 0.2) is 9.84 Å². The number of hydrogen-bond acceptors (Lipinski definition) is 6. The number of halogens is 1. The van der Waals surface area contributed by atoms with Crippen LogP contribution in [-0.2, 0) is 16.4 Å². The van der Waals surface area contributed by atoms with Crippen LogP contribution >= 0.6 is 12.4 Å². The van der Waals surface area contributed by atoms with Crippen molar-refractivity contribution >= 4 is 28.2 Å². The maximum Gasteiger partial charge on any atom is 0.223 e. The number of rotatable bonds is 5. The molecule has 1 aliphatic rings. The van der Waals surface area contributed by atoms with Crippen LogP contribution in [-0.4, -0.2) is 37.7 Å². The molecule has 142 valence electrons. The van der Waals surface area contributed by atoms with E-state index in [1.54, 1.807) is 0 Å². The zero-order valence-electron chi connectivity index (χ0n) is 15.0. The van der Waals surface area contributed by atoms with Gasteiger partial charge in [0.1, 0.15) is 4.90 Å². The van der Waals surface area contributed by atoms with Gasteiger partial charge in [-0.25, -0.2) is 18.4 Å². The van der Waals surface area contributed by atoms with E-state index in [2.05, 4.69) is 39.7 Å². The van der Waals surface area contributed by atoms with Crippen molar-refractivity contribution in [3.05, 3.63) is 47.3 Å². The summed E-state index contributed by atoms with van der Waals surface area (Å²) in [5.74, 6) is 0.566. The van der Waals surface area contributed by atoms with Gasteiger partial charge in [-0.2, -0.15) is 0 Å². The summed E-state index contributed by atoms with van der Waals surface area (Å²) in [6.07, 6.45) is 4.60. The van der Waals surface area contributed by atoms with Gasteiger partial charge >= 0.3 is 0 Å². The second-order valence-electron chi connectivity index (χ2n) is 6.54. The first-order chi connectivity index (χ1) is 11.9. The summed E-state index contributed by atoms with van der Waals surface area (Å²) in [5.41, 5.74) is 2.98. The maximum atomic E-state index is 12.1. The fraction of sp³-hybridized carbons (Fsp3) is 0.444. The molecular formula is C18H25ClN4O2S. The Morgan fingerprint density at radius 3 is 2.73 bits per heavy atom. The first-order valence-corrected chi connectivity index (χ1v) is 10.4. The Hall–Kier alpha value is -1.70. The molecule has 3 rings (SSSR count). The molecule has 1 aromatic heterocycles. The Morgan fingerprint density at radius 1 is 1.31 bits per heavy atom. The van der Waals surface area contributed by atoms with Crippen LogP contribution in [0.25, 0.3) is 0 Å². The van der Waals surface area contributed by atoms with Crippen LogP contribution in [0.15, 0.2) is 35.4 Å². The van der Waals surface area contributed by atoms with Crippen LogP contribution < -0.4 is 10.6 Å². The largest absolute Gasteiger partial charge is 0.350 e. The highest BCUT2D eigenvalue weighted by molar-refractivity contribution is 7.90. The summed E-state index contributed by atoms with van der Waals surface area (Å²) >= 11 is 0. The molecule has 0 saturated carbocycles. The van der Waals surface area contributed by atoms with Crippen LogP contribution in [0.2, 0.25) is 0 Å². The van der Waals surface area contributed by atoms with E-state index in [4.69, 9.17) is 0 Å². The van der Waals surface area contributed by atoms with E-state index in [0.29, 0.717) is 18.2 Å². The normalized spacial score (nSPS) is 17.4. The van der Waals surface area contributed by atoms with E-state index in [0.717, 1.165) is 25.9 Å². The van der Waals surface area contributed by atoms with Gasteiger partial charge in [0.05, 0.1) is 11.9 Å². The third-order valence-electron chi connectivity index (χ3n) is 4.56. The molecule has 8 heteroatoms. The van der Waals surface area contributed by atoms with Crippen molar-refractivity contribution in [1.82, 2.24) is 15.3 Å². The second-order valence-corrected chi connectivity index (χ2v) is 8.52. The fourth-order valence-electron chi connectivity index (χ4n) is 3.12. The van der Waals surface area contributed by atoms with Crippen molar-refractivity contribution in [2.24, 2.45) is 0 Å². The van der Waals surface area contributed by atoms with Crippen molar-refractivity contribution in [1.29, 1.82) is 0 Å². The highest BCUT2D eigenvalue weighted by Gasteiger charge is 2.25. The number of nitrogens with one attached hydrogen (secondary N) is 2. The van der Waals surface area contributed by atoms with Gasteiger partial charge in [0, 0.05) is 25.3 Å². The van der Waals surface area contributed by atoms with Gasteiger partial charge in [0.25, 0.3) is 0 Å². The highest BCUT2D eigenvalue weighted by Crippen LogP contribution is 2.28. The third kappa shape index (κ3) is 4.93. The molecule has 0 bridgehead atoms. The Kier molecular flexibility index (Phi) is 6.97. The molecule has 1 aromatic carbocycles. The first-order valence-electron chi connectivity index (χ1n) is 8.51. The Labute approximate surface area is 161 Å². The quantitative estimate of drug-likeness (QED) is 0.808. The zero-order chi connectivity index (χ0) is 17.9. The van der Waals surface area contributed by atoms with E-state index < -0.39 is 9.84 Å². The lowest BCUT2D eigenvalue weighted by atomic mass is 9.96. The van der Waals surface area contributed by atoms with Gasteiger partial charge in [-0.1, -0.05) is 24.3 Å². The van der Waals surface area contributed by atoms with E-state index in [1.165, 1.54) is 23.6 Å². The van der Waals surface area contributed by atoms with Gasteiger partial charge in [-0.15, -0.1) is 12.4 Å². The Bertz CT molecular complexity index is 852. The van der Waals surface area contributed by atoms with E-state index >= 15 is 0 Å². The standard InChI is InChI=1S/C18H24N4O2S.ClH/c1-13-6-3-4-7-14(13)11-20-18-21-12-16(25(2,23)24)17(22-18)15-8-5-9-19-10-15;/h3-4,6-7,12,15,19H,5,8-11H2,1-2H3,(H,20,21,22);1H. The third-order valence-corrected chi connectivity index (χ3v) is 5.68. The number of sulfone groups is 1. The van der Waals surface area contributed by atoms with E-state index in [9.17, 15) is 8.42 Å². The maximum absolute atomic E-state index is 12.1. The molecule has 2 N–H and O–H groups in total. The number of aryl methyl sites for hydroxylation is 1. The highest BCUT2D eigenvalue weighted by atomic mass is 35.5. The fourth-order valence-corrected chi connectivity index (χ4v) is 3.95. The van der Waals surface area contributed by atoms with Crippen molar-refractivity contribution < 1.29 is 8.42 Å². The van der Waals surface area contributed by atoms with Crippen LogP contribution in [0, 0.1) is 6.92 Å². The minimum Gasteiger partial charge on any atom is -0.350 e. The minimum atomic E-state index is -3.35. The molecule has 2 aromatic rings. The molecule has 1 aliphatic heterocycles. The molecule has 1 atom stereocenters. The SMILES string of the molecule is Cc1ccccc1CNc1ncc(S(C)(=O)=O)c(C2CCCNC2)n1.Cl. The summed E-state index contributed by atoms with van der Waals surface area (Å²) in [5, 5.41) is 6.54. The molecular weight excluding hydrogens is 372 g/mol. The summed E-state index contributed by atoms with van der Waals surface area (Å²) < 4.78 is 24.2. The molecule has 0 amide bonds.